The molecule has 0 aromatic heterocycles. The number of anilines is 2. The molecule has 0 fully saturated rings. The Kier molecular flexibility index (Phi) is 7.29. The third kappa shape index (κ3) is 5.67. The number of nitrogens with one attached hydrogen (secondary N) is 2. The third-order valence-corrected chi connectivity index (χ3v) is 3.83. The molecule has 2 rings (SSSR count). The van der Waals surface area contributed by atoms with Crippen LogP contribution in [0.1, 0.15) is 23.7 Å². The van der Waals surface area contributed by atoms with E-state index in [-0.39, 0.29) is 12.3 Å². The van der Waals surface area contributed by atoms with Crippen LogP contribution >= 0.6 is 11.6 Å². The first-order valence-corrected chi connectivity index (χ1v) is 8.55. The largest absolute Gasteiger partial charge is 0.494 e. The van der Waals surface area contributed by atoms with E-state index in [1.54, 1.807) is 42.5 Å². The fraction of sp³-hybridized carbons (Fsp3) is 0.263. The quantitative estimate of drug-likeness (QED) is 0.682. The number of amides is 1. The average molecular weight is 377 g/mol. The minimum atomic E-state index is -0.446. The fourth-order valence-corrected chi connectivity index (χ4v) is 2.43. The van der Waals surface area contributed by atoms with E-state index in [0.29, 0.717) is 35.1 Å². The standard InChI is InChI=1S/C19H21ClN2O4/c1-3-26-15-7-5-14(6-8-15)22-18(23)10-11-21-17-12-13(19(24)25-2)4-9-16(17)20/h4-9,12,21H,3,10-11H2,1-2H3,(H,22,23). The molecule has 7 heteroatoms. The summed E-state index contributed by atoms with van der Waals surface area (Å²) in [4.78, 5) is 23.6. The van der Waals surface area contributed by atoms with Crippen molar-refractivity contribution < 1.29 is 19.1 Å². The number of carbonyl (C=O) groups excluding carboxylic acids is 2. The van der Waals surface area contributed by atoms with Crippen LogP contribution in [-0.2, 0) is 9.53 Å². The molecule has 138 valence electrons. The first kappa shape index (κ1) is 19.6. The Labute approximate surface area is 157 Å². The first-order chi connectivity index (χ1) is 12.5. The van der Waals surface area contributed by atoms with Crippen molar-refractivity contribution in [2.45, 2.75) is 13.3 Å². The Morgan fingerprint density at radius 2 is 1.85 bits per heavy atom. The van der Waals surface area contributed by atoms with Gasteiger partial charge in [-0.25, -0.2) is 4.79 Å². The Balaban J connectivity index is 1.85. The Morgan fingerprint density at radius 3 is 2.50 bits per heavy atom. The number of carbonyl (C=O) groups is 2. The lowest BCUT2D eigenvalue weighted by Gasteiger charge is -2.10. The van der Waals surface area contributed by atoms with Crippen LogP contribution in [0.5, 0.6) is 5.75 Å². The van der Waals surface area contributed by atoms with Crippen LogP contribution in [0.3, 0.4) is 0 Å². The van der Waals surface area contributed by atoms with E-state index in [1.807, 2.05) is 6.92 Å². The van der Waals surface area contributed by atoms with Crippen molar-refractivity contribution >= 4 is 34.9 Å². The van der Waals surface area contributed by atoms with Crippen LogP contribution in [0.15, 0.2) is 42.5 Å². The lowest BCUT2D eigenvalue weighted by atomic mass is 10.2. The number of rotatable bonds is 8. The number of methoxy groups -OCH3 is 1. The van der Waals surface area contributed by atoms with Crippen LogP contribution < -0.4 is 15.4 Å². The molecule has 0 unspecified atom stereocenters. The predicted molar refractivity (Wildman–Crippen MR) is 102 cm³/mol. The van der Waals surface area contributed by atoms with E-state index in [4.69, 9.17) is 16.3 Å². The minimum Gasteiger partial charge on any atom is -0.494 e. The van der Waals surface area contributed by atoms with E-state index >= 15 is 0 Å². The van der Waals surface area contributed by atoms with Crippen LogP contribution in [-0.4, -0.2) is 32.1 Å². The highest BCUT2D eigenvalue weighted by Crippen LogP contribution is 2.23. The van der Waals surface area contributed by atoms with Crippen molar-refractivity contribution in [3.8, 4) is 5.75 Å². The molecule has 0 saturated heterocycles. The van der Waals surface area contributed by atoms with Crippen LogP contribution in [0.4, 0.5) is 11.4 Å². The van der Waals surface area contributed by atoms with E-state index in [9.17, 15) is 9.59 Å². The van der Waals surface area contributed by atoms with Gasteiger partial charge in [-0.1, -0.05) is 11.6 Å². The molecule has 2 aromatic rings. The van der Waals surface area contributed by atoms with Gasteiger partial charge in [0, 0.05) is 18.7 Å². The summed E-state index contributed by atoms with van der Waals surface area (Å²) in [6.45, 7) is 2.88. The van der Waals surface area contributed by atoms with Crippen molar-refractivity contribution in [1.29, 1.82) is 0 Å². The summed E-state index contributed by atoms with van der Waals surface area (Å²) in [5, 5.41) is 6.33. The van der Waals surface area contributed by atoms with Gasteiger partial charge in [-0.15, -0.1) is 0 Å². The molecule has 2 N–H and O–H groups in total. The van der Waals surface area contributed by atoms with Crippen molar-refractivity contribution in [1.82, 2.24) is 0 Å². The third-order valence-electron chi connectivity index (χ3n) is 3.50. The summed E-state index contributed by atoms with van der Waals surface area (Å²) < 4.78 is 10.0. The summed E-state index contributed by atoms with van der Waals surface area (Å²) in [6, 6.07) is 12.0. The van der Waals surface area contributed by atoms with Gasteiger partial charge in [0.2, 0.25) is 5.91 Å². The summed E-state index contributed by atoms with van der Waals surface area (Å²) in [6.07, 6.45) is 0.242. The lowest BCUT2D eigenvalue weighted by molar-refractivity contribution is -0.115. The zero-order valence-corrected chi connectivity index (χ0v) is 15.4. The van der Waals surface area contributed by atoms with Gasteiger partial charge >= 0.3 is 5.97 Å². The van der Waals surface area contributed by atoms with Crippen molar-refractivity contribution in [2.75, 3.05) is 30.9 Å². The molecule has 0 spiro atoms. The van der Waals surface area contributed by atoms with Gasteiger partial charge in [-0.05, 0) is 49.4 Å². The SMILES string of the molecule is CCOc1ccc(NC(=O)CCNc2cc(C(=O)OC)ccc2Cl)cc1. The van der Waals surface area contributed by atoms with E-state index in [1.165, 1.54) is 7.11 Å². The number of halogens is 1. The second-order valence-corrected chi connectivity index (χ2v) is 5.78. The monoisotopic (exact) mass is 376 g/mol. The molecule has 0 radical (unpaired) electrons. The number of ether oxygens (including phenoxy) is 2. The molecule has 0 aliphatic heterocycles. The van der Waals surface area contributed by atoms with Crippen molar-refractivity contribution in [3.05, 3.63) is 53.1 Å². The average Bonchev–Trinajstić information content (AvgIpc) is 2.64. The number of esters is 1. The predicted octanol–water partition coefficient (Wildman–Crippen LogP) is 3.97. The molecule has 0 heterocycles. The molecule has 0 aliphatic carbocycles. The molecule has 6 nitrogen and oxygen atoms in total. The first-order valence-electron chi connectivity index (χ1n) is 8.18. The van der Waals surface area contributed by atoms with E-state index in [2.05, 4.69) is 15.4 Å². The zero-order valence-electron chi connectivity index (χ0n) is 14.7. The van der Waals surface area contributed by atoms with Gasteiger partial charge < -0.3 is 20.1 Å². The Morgan fingerprint density at radius 1 is 1.12 bits per heavy atom. The van der Waals surface area contributed by atoms with Crippen molar-refractivity contribution in [2.24, 2.45) is 0 Å². The maximum Gasteiger partial charge on any atom is 0.337 e. The smallest absolute Gasteiger partial charge is 0.337 e. The van der Waals surface area contributed by atoms with Gasteiger partial charge in [0.1, 0.15) is 5.75 Å². The highest BCUT2D eigenvalue weighted by atomic mass is 35.5. The zero-order chi connectivity index (χ0) is 18.9. The molecule has 0 atom stereocenters. The summed E-state index contributed by atoms with van der Waals surface area (Å²) >= 11 is 6.10. The van der Waals surface area contributed by atoms with Gasteiger partial charge in [0.15, 0.2) is 0 Å². The summed E-state index contributed by atoms with van der Waals surface area (Å²) in [5.74, 6) is 0.173. The number of hydrogen-bond acceptors (Lipinski definition) is 5. The minimum absolute atomic E-state index is 0.137. The molecule has 0 bridgehead atoms. The van der Waals surface area contributed by atoms with E-state index < -0.39 is 5.97 Å². The second-order valence-electron chi connectivity index (χ2n) is 5.37. The Hall–Kier alpha value is -2.73. The molecule has 0 saturated carbocycles. The van der Waals surface area contributed by atoms with Gasteiger partial charge in [-0.2, -0.15) is 0 Å². The van der Waals surface area contributed by atoms with E-state index in [0.717, 1.165) is 5.75 Å². The summed E-state index contributed by atoms with van der Waals surface area (Å²) in [5.41, 5.74) is 1.66. The van der Waals surface area contributed by atoms with Crippen LogP contribution in [0.2, 0.25) is 5.02 Å². The fourth-order valence-electron chi connectivity index (χ4n) is 2.24. The maximum atomic E-state index is 12.0. The summed E-state index contributed by atoms with van der Waals surface area (Å²) in [7, 11) is 1.31. The molecule has 1 amide bonds. The second kappa shape index (κ2) is 9.68. The molecule has 2 aromatic carbocycles. The van der Waals surface area contributed by atoms with Gasteiger partial charge in [0.25, 0.3) is 0 Å². The molecule has 26 heavy (non-hydrogen) atoms. The topological polar surface area (TPSA) is 76.7 Å². The Bertz CT molecular complexity index is 763. The van der Waals surface area contributed by atoms with Gasteiger partial charge in [-0.3, -0.25) is 4.79 Å². The molecular weight excluding hydrogens is 356 g/mol. The number of hydrogen-bond donors (Lipinski definition) is 2. The highest BCUT2D eigenvalue weighted by molar-refractivity contribution is 6.33. The molecule has 0 aliphatic rings. The van der Waals surface area contributed by atoms with Crippen LogP contribution in [0.25, 0.3) is 0 Å². The van der Waals surface area contributed by atoms with Crippen molar-refractivity contribution in [3.63, 3.8) is 0 Å². The highest BCUT2D eigenvalue weighted by Gasteiger charge is 2.09. The normalized spacial score (nSPS) is 10.1. The maximum absolute atomic E-state index is 12.0. The van der Waals surface area contributed by atoms with Gasteiger partial charge in [0.05, 0.1) is 30.0 Å². The van der Waals surface area contributed by atoms with Crippen LogP contribution in [0, 0.1) is 0 Å². The number of benzene rings is 2. The molecular formula is C19H21ClN2O4. The lowest BCUT2D eigenvalue weighted by Crippen LogP contribution is -2.16.